The highest BCUT2D eigenvalue weighted by Crippen LogP contribution is 2.33. The third-order valence-electron chi connectivity index (χ3n) is 4.57. The number of nitrogens with one attached hydrogen (secondary N) is 1. The van der Waals surface area contributed by atoms with E-state index in [9.17, 15) is 13.2 Å². The van der Waals surface area contributed by atoms with Gasteiger partial charge in [-0.15, -0.1) is 0 Å². The summed E-state index contributed by atoms with van der Waals surface area (Å²) in [4.78, 5) is 11.9. The Balaban J connectivity index is 1.45. The highest BCUT2D eigenvalue weighted by atomic mass is 32.2. The van der Waals surface area contributed by atoms with E-state index in [-0.39, 0.29) is 17.4 Å². The number of hydrogen-bond donors (Lipinski definition) is 1. The van der Waals surface area contributed by atoms with Crippen molar-refractivity contribution in [3.63, 3.8) is 0 Å². The Morgan fingerprint density at radius 2 is 1.85 bits per heavy atom. The summed E-state index contributed by atoms with van der Waals surface area (Å²) in [6.07, 6.45) is 2.77. The van der Waals surface area contributed by atoms with Gasteiger partial charge in [-0.05, 0) is 55.2 Å². The Hall–Kier alpha value is -2.54. The maximum Gasteiger partial charge on any atom is 0.264 e. The van der Waals surface area contributed by atoms with Crippen molar-refractivity contribution in [2.24, 2.45) is 0 Å². The van der Waals surface area contributed by atoms with Crippen LogP contribution in [-0.4, -0.2) is 33.5 Å². The topological polar surface area (TPSA) is 75.7 Å². The van der Waals surface area contributed by atoms with Gasteiger partial charge in [0.15, 0.2) is 6.61 Å². The van der Waals surface area contributed by atoms with Gasteiger partial charge in [0.25, 0.3) is 15.9 Å². The van der Waals surface area contributed by atoms with Crippen LogP contribution in [0.15, 0.2) is 53.4 Å². The van der Waals surface area contributed by atoms with Crippen LogP contribution in [0.5, 0.6) is 5.75 Å². The fourth-order valence-corrected chi connectivity index (χ4v) is 4.54. The number of carbonyl (C=O) groups excluding carboxylic acids is 1. The number of amides is 1. The Kier molecular flexibility index (Phi) is 4.32. The SMILES string of the molecule is O=C(COc1ccc(S(=O)(=O)N2CCc3ccccc32)cc1)NC1CC1. The van der Waals surface area contributed by atoms with E-state index in [0.717, 1.165) is 24.1 Å². The van der Waals surface area contributed by atoms with Crippen LogP contribution in [0.4, 0.5) is 5.69 Å². The first kappa shape index (κ1) is 16.9. The maximum absolute atomic E-state index is 12.9. The first-order valence-corrected chi connectivity index (χ1v) is 10.1. The standard InChI is InChI=1S/C19H20N2O4S/c22-19(20-15-5-6-15)13-25-16-7-9-17(10-8-16)26(23,24)21-12-11-14-3-1-2-4-18(14)21/h1-4,7-10,15H,5-6,11-13H2,(H,20,22). The maximum atomic E-state index is 12.9. The molecule has 1 aliphatic carbocycles. The van der Waals surface area contributed by atoms with Crippen molar-refractivity contribution >= 4 is 21.6 Å². The first-order chi connectivity index (χ1) is 12.5. The first-order valence-electron chi connectivity index (χ1n) is 8.67. The van der Waals surface area contributed by atoms with Crippen LogP contribution >= 0.6 is 0 Å². The predicted molar refractivity (Wildman–Crippen MR) is 97.8 cm³/mol. The smallest absolute Gasteiger partial charge is 0.264 e. The molecule has 6 nitrogen and oxygen atoms in total. The molecule has 1 fully saturated rings. The molecule has 7 heteroatoms. The Morgan fingerprint density at radius 1 is 1.12 bits per heavy atom. The van der Waals surface area contributed by atoms with Gasteiger partial charge in [-0.3, -0.25) is 9.10 Å². The van der Waals surface area contributed by atoms with Crippen LogP contribution < -0.4 is 14.4 Å². The normalized spacial score (nSPS) is 16.2. The molecule has 0 radical (unpaired) electrons. The van der Waals surface area contributed by atoms with Gasteiger partial charge in [0.1, 0.15) is 5.75 Å². The molecule has 0 spiro atoms. The van der Waals surface area contributed by atoms with Crippen LogP contribution in [0.1, 0.15) is 18.4 Å². The molecular formula is C19H20N2O4S. The number of sulfonamides is 1. The molecule has 136 valence electrons. The molecule has 0 aromatic heterocycles. The lowest BCUT2D eigenvalue weighted by molar-refractivity contribution is -0.123. The highest BCUT2D eigenvalue weighted by Gasteiger charge is 2.30. The van der Waals surface area contributed by atoms with E-state index in [4.69, 9.17) is 4.74 Å². The monoisotopic (exact) mass is 372 g/mol. The van der Waals surface area contributed by atoms with Crippen LogP contribution in [0.25, 0.3) is 0 Å². The summed E-state index contributed by atoms with van der Waals surface area (Å²) in [5, 5.41) is 2.84. The second-order valence-corrected chi connectivity index (χ2v) is 8.42. The van der Waals surface area contributed by atoms with Crippen LogP contribution in [0.2, 0.25) is 0 Å². The Morgan fingerprint density at radius 3 is 2.58 bits per heavy atom. The van der Waals surface area contributed by atoms with Crippen molar-refractivity contribution in [1.29, 1.82) is 0 Å². The molecule has 1 N–H and O–H groups in total. The highest BCUT2D eigenvalue weighted by molar-refractivity contribution is 7.92. The minimum atomic E-state index is -3.61. The summed E-state index contributed by atoms with van der Waals surface area (Å²) in [5.74, 6) is 0.314. The third-order valence-corrected chi connectivity index (χ3v) is 6.40. The average Bonchev–Trinajstić information content (AvgIpc) is 3.34. The summed E-state index contributed by atoms with van der Waals surface area (Å²) >= 11 is 0. The fourth-order valence-electron chi connectivity index (χ4n) is 3.04. The lowest BCUT2D eigenvalue weighted by atomic mass is 10.2. The molecule has 0 bridgehead atoms. The molecule has 1 aliphatic heterocycles. The van der Waals surface area contributed by atoms with Crippen LogP contribution in [0.3, 0.4) is 0 Å². The van der Waals surface area contributed by atoms with Gasteiger partial charge in [0, 0.05) is 12.6 Å². The molecule has 0 saturated heterocycles. The molecular weight excluding hydrogens is 352 g/mol. The van der Waals surface area contributed by atoms with E-state index in [1.165, 1.54) is 16.4 Å². The minimum absolute atomic E-state index is 0.0674. The lowest BCUT2D eigenvalue weighted by Gasteiger charge is -2.19. The molecule has 4 rings (SSSR count). The van der Waals surface area contributed by atoms with Gasteiger partial charge in [0.2, 0.25) is 0 Å². The molecule has 0 unspecified atom stereocenters. The molecule has 1 heterocycles. The number of ether oxygens (including phenoxy) is 1. The summed E-state index contributed by atoms with van der Waals surface area (Å²) < 4.78 is 32.7. The molecule has 2 aromatic rings. The van der Waals surface area contributed by atoms with Crippen molar-refractivity contribution in [3.05, 3.63) is 54.1 Å². The number of nitrogens with zero attached hydrogens (tertiary/aromatic N) is 1. The lowest BCUT2D eigenvalue weighted by Crippen LogP contribution is -2.30. The summed E-state index contributed by atoms with van der Waals surface area (Å²) in [7, 11) is -3.61. The van der Waals surface area contributed by atoms with E-state index in [2.05, 4.69) is 5.32 Å². The molecule has 1 amide bonds. The third kappa shape index (κ3) is 3.39. The largest absolute Gasteiger partial charge is 0.484 e. The van der Waals surface area contributed by atoms with Crippen molar-refractivity contribution in [2.45, 2.75) is 30.2 Å². The number of rotatable bonds is 6. The van der Waals surface area contributed by atoms with E-state index in [1.807, 2.05) is 24.3 Å². The summed E-state index contributed by atoms with van der Waals surface area (Å²) in [5.41, 5.74) is 1.78. The average molecular weight is 372 g/mol. The fraction of sp³-hybridized carbons (Fsp3) is 0.316. The van der Waals surface area contributed by atoms with Crippen molar-refractivity contribution < 1.29 is 17.9 Å². The number of hydrogen-bond acceptors (Lipinski definition) is 4. The quantitative estimate of drug-likeness (QED) is 0.843. The van der Waals surface area contributed by atoms with Crippen LogP contribution in [0, 0.1) is 0 Å². The molecule has 0 atom stereocenters. The number of anilines is 1. The summed E-state index contributed by atoms with van der Waals surface area (Å²) in [6.45, 7) is 0.378. The van der Waals surface area contributed by atoms with E-state index >= 15 is 0 Å². The zero-order valence-corrected chi connectivity index (χ0v) is 15.0. The number of benzene rings is 2. The van der Waals surface area contributed by atoms with E-state index in [0.29, 0.717) is 24.8 Å². The second-order valence-electron chi connectivity index (χ2n) is 6.56. The number of para-hydroxylation sites is 1. The van der Waals surface area contributed by atoms with Crippen molar-refractivity contribution in [3.8, 4) is 5.75 Å². The molecule has 1 saturated carbocycles. The molecule has 26 heavy (non-hydrogen) atoms. The molecule has 2 aliphatic rings. The van der Waals surface area contributed by atoms with Gasteiger partial charge in [0.05, 0.1) is 10.6 Å². The number of fused-ring (bicyclic) bond motifs is 1. The molecule has 2 aromatic carbocycles. The van der Waals surface area contributed by atoms with Gasteiger partial charge in [-0.2, -0.15) is 0 Å². The van der Waals surface area contributed by atoms with Crippen LogP contribution in [-0.2, 0) is 21.2 Å². The van der Waals surface area contributed by atoms with Gasteiger partial charge < -0.3 is 10.1 Å². The summed E-state index contributed by atoms with van der Waals surface area (Å²) in [6, 6.07) is 14.0. The Bertz CT molecular complexity index is 921. The van der Waals surface area contributed by atoms with Gasteiger partial charge in [-0.1, -0.05) is 18.2 Å². The zero-order valence-electron chi connectivity index (χ0n) is 14.2. The van der Waals surface area contributed by atoms with E-state index < -0.39 is 10.0 Å². The zero-order chi connectivity index (χ0) is 18.1. The van der Waals surface area contributed by atoms with Gasteiger partial charge in [-0.25, -0.2) is 8.42 Å². The predicted octanol–water partition coefficient (Wildman–Crippen LogP) is 2.10. The Labute approximate surface area is 152 Å². The second kappa shape index (κ2) is 6.64. The minimum Gasteiger partial charge on any atom is -0.484 e. The van der Waals surface area contributed by atoms with E-state index in [1.54, 1.807) is 12.1 Å². The van der Waals surface area contributed by atoms with Crippen molar-refractivity contribution in [1.82, 2.24) is 5.32 Å². The van der Waals surface area contributed by atoms with Crippen molar-refractivity contribution in [2.75, 3.05) is 17.5 Å². The number of carbonyl (C=O) groups is 1. The van der Waals surface area contributed by atoms with Gasteiger partial charge >= 0.3 is 0 Å².